The fourth-order valence-corrected chi connectivity index (χ4v) is 4.10. The molecule has 1 aromatic carbocycles. The molecule has 1 amide bonds. The van der Waals surface area contributed by atoms with Gasteiger partial charge in [-0.1, -0.05) is 12.1 Å². The third kappa shape index (κ3) is 3.60. The number of hydrogen-bond donors (Lipinski definition) is 3. The molecular formula is C23H24N6O2. The van der Waals surface area contributed by atoms with E-state index in [-0.39, 0.29) is 11.5 Å². The Balaban J connectivity index is 1.37. The van der Waals surface area contributed by atoms with E-state index in [1.807, 2.05) is 47.0 Å². The van der Waals surface area contributed by atoms with Gasteiger partial charge in [0.15, 0.2) is 5.65 Å². The minimum atomic E-state index is -0.0930. The summed E-state index contributed by atoms with van der Waals surface area (Å²) in [6, 6.07) is 15.2. The van der Waals surface area contributed by atoms with E-state index < -0.39 is 0 Å². The summed E-state index contributed by atoms with van der Waals surface area (Å²) in [7, 11) is 0. The molecule has 0 bridgehead atoms. The van der Waals surface area contributed by atoms with E-state index in [0.29, 0.717) is 41.8 Å². The van der Waals surface area contributed by atoms with Crippen LogP contribution in [0.25, 0.3) is 16.7 Å². The zero-order valence-electron chi connectivity index (χ0n) is 17.2. The van der Waals surface area contributed by atoms with Gasteiger partial charge >= 0.3 is 0 Å². The van der Waals surface area contributed by atoms with Crippen LogP contribution in [0, 0.1) is 5.92 Å². The van der Waals surface area contributed by atoms with Crippen molar-refractivity contribution in [3.63, 3.8) is 0 Å². The molecule has 1 fully saturated rings. The quantitative estimate of drug-likeness (QED) is 0.459. The maximum Gasteiger partial charge on any atom is 0.276 e. The maximum atomic E-state index is 13.0. The van der Waals surface area contributed by atoms with Gasteiger partial charge in [0.25, 0.3) is 11.5 Å². The minimum absolute atomic E-state index is 0.0917. The summed E-state index contributed by atoms with van der Waals surface area (Å²) in [6.07, 6.45) is 3.56. The third-order valence-corrected chi connectivity index (χ3v) is 5.98. The molecule has 2 atom stereocenters. The van der Waals surface area contributed by atoms with E-state index in [9.17, 15) is 9.59 Å². The molecule has 3 N–H and O–H groups in total. The van der Waals surface area contributed by atoms with Gasteiger partial charge < -0.3 is 9.72 Å². The van der Waals surface area contributed by atoms with Crippen LogP contribution < -0.4 is 21.7 Å². The standard InChI is InChI=1S/C23H24N6O2/c1-15-18(13-26-27-15)12-25-22(30)17-8-6-16(7-9-17)14-29-21-19(4-2-10-24-21)28-11-3-5-20(28)23(29)31/h2-11,15,18,26-27H,12-14H2,1H3,(H,25,30). The molecule has 1 aliphatic rings. The lowest BCUT2D eigenvalue weighted by Crippen LogP contribution is -2.35. The van der Waals surface area contributed by atoms with Crippen LogP contribution in [0.3, 0.4) is 0 Å². The average molecular weight is 416 g/mol. The molecule has 4 heterocycles. The maximum absolute atomic E-state index is 13.0. The first-order valence-corrected chi connectivity index (χ1v) is 10.4. The molecule has 2 unspecified atom stereocenters. The lowest BCUT2D eigenvalue weighted by Gasteiger charge is -2.15. The Bertz CT molecular complexity index is 1310. The predicted octanol–water partition coefficient (Wildman–Crippen LogP) is 1.54. The van der Waals surface area contributed by atoms with E-state index in [1.54, 1.807) is 22.9 Å². The number of nitrogens with zero attached hydrogens (tertiary/aromatic N) is 3. The van der Waals surface area contributed by atoms with Crippen LogP contribution in [0.2, 0.25) is 0 Å². The number of hydrazine groups is 1. The number of benzene rings is 1. The third-order valence-electron chi connectivity index (χ3n) is 5.98. The second-order valence-corrected chi connectivity index (χ2v) is 7.98. The highest BCUT2D eigenvalue weighted by atomic mass is 16.1. The van der Waals surface area contributed by atoms with Gasteiger partial charge in [0.05, 0.1) is 12.1 Å². The van der Waals surface area contributed by atoms with Crippen LogP contribution in [0.15, 0.2) is 65.7 Å². The van der Waals surface area contributed by atoms with Gasteiger partial charge in [0.2, 0.25) is 0 Å². The lowest BCUT2D eigenvalue weighted by atomic mass is 10.0. The number of fused-ring (bicyclic) bond motifs is 3. The van der Waals surface area contributed by atoms with E-state index in [4.69, 9.17) is 0 Å². The summed E-state index contributed by atoms with van der Waals surface area (Å²) in [5.74, 6) is 0.268. The molecule has 0 spiro atoms. The van der Waals surface area contributed by atoms with E-state index in [0.717, 1.165) is 17.6 Å². The highest BCUT2D eigenvalue weighted by molar-refractivity contribution is 5.94. The molecule has 8 nitrogen and oxygen atoms in total. The molecular weight excluding hydrogens is 392 g/mol. The summed E-state index contributed by atoms with van der Waals surface area (Å²) in [6.45, 7) is 3.93. The molecule has 158 valence electrons. The summed E-state index contributed by atoms with van der Waals surface area (Å²) in [4.78, 5) is 30.0. The Morgan fingerprint density at radius 1 is 1.16 bits per heavy atom. The Labute approximate surface area is 178 Å². The van der Waals surface area contributed by atoms with E-state index >= 15 is 0 Å². The van der Waals surface area contributed by atoms with Crippen molar-refractivity contribution in [2.45, 2.75) is 19.5 Å². The molecule has 8 heteroatoms. The molecule has 5 rings (SSSR count). The number of amides is 1. The summed E-state index contributed by atoms with van der Waals surface area (Å²) in [5, 5.41) is 3.00. The molecule has 3 aromatic heterocycles. The first-order chi connectivity index (χ1) is 15.1. The SMILES string of the molecule is CC1NNCC1CNC(=O)c1ccc(Cn2c(=O)c3cccn3c3cccnc32)cc1. The van der Waals surface area contributed by atoms with Gasteiger partial charge in [-0.25, -0.2) is 4.98 Å². The van der Waals surface area contributed by atoms with Crippen molar-refractivity contribution in [1.82, 2.24) is 30.1 Å². The Morgan fingerprint density at radius 3 is 2.74 bits per heavy atom. The molecule has 1 saturated heterocycles. The first kappa shape index (κ1) is 19.5. The zero-order chi connectivity index (χ0) is 21.4. The van der Waals surface area contributed by atoms with Crippen LogP contribution in [-0.2, 0) is 6.54 Å². The second-order valence-electron chi connectivity index (χ2n) is 7.98. The number of pyridine rings is 1. The normalized spacial score (nSPS) is 18.6. The number of carbonyl (C=O) groups excluding carboxylic acids is 1. The van der Waals surface area contributed by atoms with Gasteiger partial charge in [-0.3, -0.25) is 25.0 Å². The number of nitrogens with one attached hydrogen (secondary N) is 3. The molecule has 4 aromatic rings. The second kappa shape index (κ2) is 7.98. The minimum Gasteiger partial charge on any atom is -0.352 e. The predicted molar refractivity (Wildman–Crippen MR) is 119 cm³/mol. The van der Waals surface area contributed by atoms with Gasteiger partial charge in [-0.05, 0) is 48.9 Å². The topological polar surface area (TPSA) is 92.5 Å². The van der Waals surface area contributed by atoms with Gasteiger partial charge in [0.1, 0.15) is 5.52 Å². The van der Waals surface area contributed by atoms with Crippen LogP contribution in [0.5, 0.6) is 0 Å². The van der Waals surface area contributed by atoms with Gasteiger partial charge in [0, 0.05) is 43.0 Å². The van der Waals surface area contributed by atoms with Gasteiger partial charge in [-0.15, -0.1) is 0 Å². The molecule has 0 radical (unpaired) electrons. The Morgan fingerprint density at radius 2 is 1.97 bits per heavy atom. The van der Waals surface area contributed by atoms with Crippen molar-refractivity contribution >= 4 is 22.6 Å². The van der Waals surface area contributed by atoms with Crippen LogP contribution in [0.4, 0.5) is 0 Å². The fraction of sp³-hybridized carbons (Fsp3) is 0.261. The average Bonchev–Trinajstić information content (AvgIpc) is 3.45. The highest BCUT2D eigenvalue weighted by Crippen LogP contribution is 2.15. The van der Waals surface area contributed by atoms with Crippen molar-refractivity contribution in [3.8, 4) is 0 Å². The Kier molecular flexibility index (Phi) is 5.01. The van der Waals surface area contributed by atoms with Gasteiger partial charge in [-0.2, -0.15) is 0 Å². The molecule has 0 aliphatic carbocycles. The summed E-state index contributed by atoms with van der Waals surface area (Å²) < 4.78 is 3.55. The number of carbonyl (C=O) groups is 1. The van der Waals surface area contributed by atoms with Crippen molar-refractivity contribution in [1.29, 1.82) is 0 Å². The van der Waals surface area contributed by atoms with E-state index in [2.05, 4.69) is 28.1 Å². The smallest absolute Gasteiger partial charge is 0.276 e. The lowest BCUT2D eigenvalue weighted by molar-refractivity contribution is 0.0947. The van der Waals surface area contributed by atoms with Crippen LogP contribution in [-0.4, -0.2) is 39.0 Å². The molecule has 1 aliphatic heterocycles. The number of hydrogen-bond acceptors (Lipinski definition) is 5. The van der Waals surface area contributed by atoms with Crippen molar-refractivity contribution < 1.29 is 4.79 Å². The van der Waals surface area contributed by atoms with Crippen molar-refractivity contribution in [3.05, 3.63) is 82.4 Å². The van der Waals surface area contributed by atoms with Crippen molar-refractivity contribution in [2.24, 2.45) is 5.92 Å². The molecule has 31 heavy (non-hydrogen) atoms. The van der Waals surface area contributed by atoms with Crippen LogP contribution >= 0.6 is 0 Å². The largest absolute Gasteiger partial charge is 0.352 e. The number of aromatic nitrogens is 3. The Hall–Kier alpha value is -3.49. The van der Waals surface area contributed by atoms with E-state index in [1.165, 1.54) is 0 Å². The van der Waals surface area contributed by atoms with Crippen molar-refractivity contribution in [2.75, 3.05) is 13.1 Å². The number of rotatable bonds is 5. The molecule has 0 saturated carbocycles. The zero-order valence-corrected chi connectivity index (χ0v) is 17.2. The first-order valence-electron chi connectivity index (χ1n) is 10.4. The fourth-order valence-electron chi connectivity index (χ4n) is 4.10. The monoisotopic (exact) mass is 416 g/mol. The summed E-state index contributed by atoms with van der Waals surface area (Å²) >= 11 is 0. The highest BCUT2D eigenvalue weighted by Gasteiger charge is 2.23. The summed E-state index contributed by atoms with van der Waals surface area (Å²) in [5.41, 5.74) is 9.83. The van der Waals surface area contributed by atoms with Crippen LogP contribution in [0.1, 0.15) is 22.8 Å².